The Hall–Kier alpha value is -5.55. The van der Waals surface area contributed by atoms with Gasteiger partial charge in [-0.25, -0.2) is 9.18 Å². The zero-order valence-electron chi connectivity index (χ0n) is 34.4. The number of carbonyl (C=O) groups is 2. The van der Waals surface area contributed by atoms with Crippen molar-refractivity contribution < 1.29 is 43.2 Å². The van der Waals surface area contributed by atoms with E-state index < -0.39 is 29.7 Å². The second-order valence-electron chi connectivity index (χ2n) is 15.4. The highest BCUT2D eigenvalue weighted by Gasteiger charge is 2.65. The highest BCUT2D eigenvalue weighted by atomic mass is 19.1. The van der Waals surface area contributed by atoms with Gasteiger partial charge in [0, 0.05) is 49.8 Å². The second kappa shape index (κ2) is 20.6. The van der Waals surface area contributed by atoms with E-state index in [1.54, 1.807) is 66.4 Å². The molecule has 6 atom stereocenters. The number of aliphatic hydroxyl groups excluding tert-OH is 2. The van der Waals surface area contributed by atoms with Crippen LogP contribution >= 0.6 is 0 Å². The SMILES string of the molecule is C=CCO[C@@]12Oc3ccc(OC(=O)NCC)cc3[C@H]3[C@H](CCCCO)[C@@H](CCCCO)C=C(C(=NOCC)C[C@@H]1N(Cc1ccc(F)cc1)C(=O)c1ccc(C#N)cc1)[C@H]32. The van der Waals surface area contributed by atoms with Crippen molar-refractivity contribution in [3.8, 4) is 17.6 Å². The summed E-state index contributed by atoms with van der Waals surface area (Å²) in [6.07, 6.45) is 7.67. The summed E-state index contributed by atoms with van der Waals surface area (Å²) >= 11 is 0. The van der Waals surface area contributed by atoms with E-state index in [4.69, 9.17) is 24.2 Å². The lowest BCUT2D eigenvalue weighted by molar-refractivity contribution is -0.255. The Morgan fingerprint density at radius 3 is 2.45 bits per heavy atom. The monoisotopic (exact) mass is 822 g/mol. The Morgan fingerprint density at radius 2 is 1.78 bits per heavy atom. The molecule has 3 aromatic carbocycles. The van der Waals surface area contributed by atoms with E-state index in [0.29, 0.717) is 59.9 Å². The quantitative estimate of drug-likeness (QED) is 0.0622. The van der Waals surface area contributed by atoms with Crippen molar-refractivity contribution in [2.45, 2.75) is 83.1 Å². The van der Waals surface area contributed by atoms with Crippen LogP contribution in [0.25, 0.3) is 0 Å². The number of fused-ring (bicyclic) bond motifs is 2. The van der Waals surface area contributed by atoms with Gasteiger partial charge >= 0.3 is 6.09 Å². The van der Waals surface area contributed by atoms with E-state index in [-0.39, 0.29) is 56.4 Å². The molecule has 3 N–H and O–H groups in total. The summed E-state index contributed by atoms with van der Waals surface area (Å²) < 4.78 is 34.4. The molecule has 0 saturated heterocycles. The predicted octanol–water partition coefficient (Wildman–Crippen LogP) is 7.80. The minimum Gasteiger partial charge on any atom is -0.459 e. The third-order valence-electron chi connectivity index (χ3n) is 11.6. The van der Waals surface area contributed by atoms with Crippen molar-refractivity contribution in [1.82, 2.24) is 10.2 Å². The van der Waals surface area contributed by atoms with Crippen molar-refractivity contribution in [2.24, 2.45) is 22.9 Å². The van der Waals surface area contributed by atoms with Gasteiger partial charge in [0.15, 0.2) is 0 Å². The molecule has 1 fully saturated rings. The molecule has 318 valence electrons. The number of aliphatic hydroxyl groups is 2. The number of amides is 2. The third kappa shape index (κ3) is 9.57. The molecule has 13 heteroatoms. The van der Waals surface area contributed by atoms with Crippen molar-refractivity contribution in [1.29, 1.82) is 5.26 Å². The van der Waals surface area contributed by atoms with Gasteiger partial charge in [-0.2, -0.15) is 5.26 Å². The fourth-order valence-corrected chi connectivity index (χ4v) is 9.10. The van der Waals surface area contributed by atoms with Crippen LogP contribution in [-0.4, -0.2) is 77.6 Å². The third-order valence-corrected chi connectivity index (χ3v) is 11.6. The van der Waals surface area contributed by atoms with Crippen molar-refractivity contribution >= 4 is 17.7 Å². The molecule has 6 rings (SSSR count). The molecular weight excluding hydrogens is 768 g/mol. The number of nitriles is 1. The summed E-state index contributed by atoms with van der Waals surface area (Å²) in [5.41, 5.74) is 3.66. The number of unbranched alkanes of at least 4 members (excludes halogenated alkanes) is 2. The van der Waals surface area contributed by atoms with Gasteiger partial charge in [0.2, 0.25) is 5.79 Å². The number of hydrogen-bond acceptors (Lipinski definition) is 10. The molecule has 2 amide bonds. The van der Waals surface area contributed by atoms with Gasteiger partial charge in [0.05, 0.1) is 29.9 Å². The standard InChI is InChI=1S/C47H55FN4O8/c1-4-25-57-47-42(52(30-32-15-19-35(48)20-16-32)45(55)33-17-13-31(29-49)14-18-33)28-40(51-58-6-3)38-26-34(11-7-9-23-53)37(12-8-10-24-54)43(44(38)47)39-27-36(21-22-41(39)60-47)59-46(56)50-5-2/h4,13-22,26-27,34,37,42-44,53-54H,1,5-12,23-25,28,30H2,2-3H3,(H,50,56)/t34-,37+,42-,43+,44+,47+/m0/s1. The predicted molar refractivity (Wildman–Crippen MR) is 224 cm³/mol. The van der Waals surface area contributed by atoms with Crippen LogP contribution < -0.4 is 14.8 Å². The maximum Gasteiger partial charge on any atom is 0.412 e. The minimum absolute atomic E-state index is 0.00138. The van der Waals surface area contributed by atoms with Crippen LogP contribution in [0.4, 0.5) is 9.18 Å². The van der Waals surface area contributed by atoms with Crippen molar-refractivity contribution in [3.05, 3.63) is 119 Å². The van der Waals surface area contributed by atoms with E-state index in [1.807, 2.05) is 13.0 Å². The molecule has 0 radical (unpaired) electrons. The molecule has 60 heavy (non-hydrogen) atoms. The zero-order valence-corrected chi connectivity index (χ0v) is 34.4. The van der Waals surface area contributed by atoms with Crippen LogP contribution in [0.1, 0.15) is 91.8 Å². The fourth-order valence-electron chi connectivity index (χ4n) is 9.10. The largest absolute Gasteiger partial charge is 0.459 e. The number of ether oxygens (including phenoxy) is 3. The smallest absolute Gasteiger partial charge is 0.412 e. The molecule has 0 unspecified atom stereocenters. The van der Waals surface area contributed by atoms with Crippen molar-refractivity contribution in [2.75, 3.05) is 33.0 Å². The number of hydrogen-bond donors (Lipinski definition) is 3. The molecule has 1 saturated carbocycles. The summed E-state index contributed by atoms with van der Waals surface area (Å²) in [5, 5.41) is 36.7. The van der Waals surface area contributed by atoms with Crippen molar-refractivity contribution in [3.63, 3.8) is 0 Å². The van der Waals surface area contributed by atoms with Gasteiger partial charge in [-0.15, -0.1) is 6.58 Å². The number of halogens is 1. The van der Waals surface area contributed by atoms with Crippen LogP contribution in [0.3, 0.4) is 0 Å². The Balaban J connectivity index is 1.63. The van der Waals surface area contributed by atoms with Gasteiger partial charge in [0.1, 0.15) is 30.0 Å². The van der Waals surface area contributed by atoms with E-state index in [0.717, 1.165) is 36.8 Å². The maximum absolute atomic E-state index is 15.1. The van der Waals surface area contributed by atoms with E-state index in [1.165, 1.54) is 12.1 Å². The molecule has 2 aliphatic carbocycles. The zero-order chi connectivity index (χ0) is 42.6. The Kier molecular flexibility index (Phi) is 15.1. The maximum atomic E-state index is 15.1. The van der Waals surface area contributed by atoms with Gasteiger partial charge < -0.3 is 39.5 Å². The lowest BCUT2D eigenvalue weighted by Crippen LogP contribution is -2.70. The van der Waals surface area contributed by atoms with Crippen LogP contribution in [0, 0.1) is 34.9 Å². The highest BCUT2D eigenvalue weighted by Crippen LogP contribution is 2.62. The lowest BCUT2D eigenvalue weighted by Gasteiger charge is -2.60. The van der Waals surface area contributed by atoms with E-state index in [9.17, 15) is 24.7 Å². The van der Waals surface area contributed by atoms with Crippen LogP contribution in [0.5, 0.6) is 11.5 Å². The number of carbonyl (C=O) groups excluding carboxylic acids is 2. The molecule has 1 aliphatic heterocycles. The average molecular weight is 823 g/mol. The van der Waals surface area contributed by atoms with Crippen LogP contribution in [0.2, 0.25) is 0 Å². The lowest BCUT2D eigenvalue weighted by atomic mass is 9.55. The Labute approximate surface area is 351 Å². The first-order chi connectivity index (χ1) is 29.2. The summed E-state index contributed by atoms with van der Waals surface area (Å²) in [7, 11) is 0. The van der Waals surface area contributed by atoms with E-state index >= 15 is 4.79 Å². The number of rotatable bonds is 19. The van der Waals surface area contributed by atoms with Gasteiger partial charge in [-0.1, -0.05) is 42.3 Å². The summed E-state index contributed by atoms with van der Waals surface area (Å²) in [6.45, 7) is 8.53. The van der Waals surface area contributed by atoms with Gasteiger partial charge in [-0.05, 0) is 117 Å². The normalized spacial score (nSPS) is 23.2. The fraction of sp³-hybridized carbons (Fsp3) is 0.447. The second-order valence-corrected chi connectivity index (χ2v) is 15.4. The van der Waals surface area contributed by atoms with Crippen LogP contribution in [0.15, 0.2) is 96.2 Å². The molecule has 0 spiro atoms. The van der Waals surface area contributed by atoms with E-state index in [2.05, 4.69) is 24.0 Å². The number of oxime groups is 1. The first kappa shape index (κ1) is 44.0. The number of allylic oxidation sites excluding steroid dienone is 1. The molecule has 0 aromatic heterocycles. The summed E-state index contributed by atoms with van der Waals surface area (Å²) in [5.74, 6) is -2.51. The Morgan fingerprint density at radius 1 is 1.05 bits per heavy atom. The Bertz CT molecular complexity index is 2070. The summed E-state index contributed by atoms with van der Waals surface area (Å²) in [4.78, 5) is 35.4. The summed E-state index contributed by atoms with van der Waals surface area (Å²) in [6, 6.07) is 18.9. The number of benzene rings is 3. The number of nitrogens with zero attached hydrogens (tertiary/aromatic N) is 3. The molecule has 3 aliphatic rings. The molecular formula is C47H55FN4O8. The first-order valence-corrected chi connectivity index (χ1v) is 20.9. The van der Waals surface area contributed by atoms with Gasteiger partial charge in [0.25, 0.3) is 5.91 Å². The molecule has 1 heterocycles. The average Bonchev–Trinajstić information content (AvgIpc) is 3.26. The highest BCUT2D eigenvalue weighted by molar-refractivity contribution is 6.03. The first-order valence-electron chi connectivity index (χ1n) is 20.9. The topological polar surface area (TPSA) is 163 Å². The molecule has 12 nitrogen and oxygen atoms in total. The molecule has 3 aromatic rings. The number of nitrogens with one attached hydrogen (secondary N) is 1. The minimum atomic E-state index is -1.56. The molecule has 0 bridgehead atoms. The van der Waals surface area contributed by atoms with Gasteiger partial charge in [-0.3, -0.25) is 4.79 Å². The van der Waals surface area contributed by atoms with Crippen LogP contribution in [-0.2, 0) is 16.1 Å².